The van der Waals surface area contributed by atoms with Crippen molar-refractivity contribution in [2.45, 2.75) is 17.9 Å². The standard InChI is InChI=1S/C10H10FNO2S/c1-2-15-8-4-7-5(3-6(8)11)9(13)10(14)12-7/h3-4,9,13H,2H2,1H3,(H,12,14). The summed E-state index contributed by atoms with van der Waals surface area (Å²) < 4.78 is 13.5. The van der Waals surface area contributed by atoms with E-state index in [2.05, 4.69) is 5.32 Å². The van der Waals surface area contributed by atoms with Gasteiger partial charge < -0.3 is 10.4 Å². The quantitative estimate of drug-likeness (QED) is 0.759. The molecule has 3 nitrogen and oxygen atoms in total. The van der Waals surface area contributed by atoms with E-state index < -0.39 is 17.8 Å². The topological polar surface area (TPSA) is 49.3 Å². The van der Waals surface area contributed by atoms with E-state index in [4.69, 9.17) is 0 Å². The summed E-state index contributed by atoms with van der Waals surface area (Å²) in [5.74, 6) is -0.133. The minimum absolute atomic E-state index is 0.318. The van der Waals surface area contributed by atoms with E-state index >= 15 is 0 Å². The predicted molar refractivity (Wildman–Crippen MR) is 56.4 cm³/mol. The van der Waals surface area contributed by atoms with Crippen molar-refractivity contribution in [3.8, 4) is 0 Å². The zero-order valence-electron chi connectivity index (χ0n) is 8.08. The third kappa shape index (κ3) is 1.72. The lowest BCUT2D eigenvalue weighted by Crippen LogP contribution is -2.10. The molecule has 1 aromatic carbocycles. The van der Waals surface area contributed by atoms with Gasteiger partial charge in [-0.15, -0.1) is 11.8 Å². The molecule has 0 spiro atoms. The lowest BCUT2D eigenvalue weighted by Gasteiger charge is -2.05. The highest BCUT2D eigenvalue weighted by molar-refractivity contribution is 7.99. The molecule has 1 aliphatic heterocycles. The van der Waals surface area contributed by atoms with Gasteiger partial charge in [-0.1, -0.05) is 6.92 Å². The second-order valence-electron chi connectivity index (χ2n) is 3.19. The molecule has 0 saturated carbocycles. The Kier molecular flexibility index (Phi) is 2.67. The fourth-order valence-electron chi connectivity index (χ4n) is 1.51. The van der Waals surface area contributed by atoms with Crippen molar-refractivity contribution in [2.24, 2.45) is 0 Å². The van der Waals surface area contributed by atoms with Crippen LogP contribution >= 0.6 is 11.8 Å². The second kappa shape index (κ2) is 3.83. The maximum atomic E-state index is 13.5. The number of fused-ring (bicyclic) bond motifs is 1. The van der Waals surface area contributed by atoms with Crippen molar-refractivity contribution in [3.63, 3.8) is 0 Å². The number of aliphatic hydroxyl groups is 1. The van der Waals surface area contributed by atoms with Crippen molar-refractivity contribution in [2.75, 3.05) is 11.1 Å². The molecule has 1 aliphatic rings. The summed E-state index contributed by atoms with van der Waals surface area (Å²) in [7, 11) is 0. The zero-order valence-corrected chi connectivity index (χ0v) is 8.90. The van der Waals surface area contributed by atoms with Crippen LogP contribution in [0.25, 0.3) is 0 Å². The highest BCUT2D eigenvalue weighted by atomic mass is 32.2. The molecule has 1 aromatic rings. The number of aliphatic hydroxyl groups excluding tert-OH is 1. The van der Waals surface area contributed by atoms with E-state index in [-0.39, 0.29) is 0 Å². The molecule has 1 amide bonds. The summed E-state index contributed by atoms with van der Waals surface area (Å²) >= 11 is 1.36. The fourth-order valence-corrected chi connectivity index (χ4v) is 2.22. The largest absolute Gasteiger partial charge is 0.378 e. The van der Waals surface area contributed by atoms with Gasteiger partial charge in [-0.2, -0.15) is 0 Å². The van der Waals surface area contributed by atoms with Crippen LogP contribution in [0.4, 0.5) is 10.1 Å². The number of anilines is 1. The molecular weight excluding hydrogens is 217 g/mol. The van der Waals surface area contributed by atoms with E-state index in [0.29, 0.717) is 16.1 Å². The van der Waals surface area contributed by atoms with Crippen LogP contribution in [0.2, 0.25) is 0 Å². The van der Waals surface area contributed by atoms with Crippen LogP contribution in [0.3, 0.4) is 0 Å². The van der Waals surface area contributed by atoms with Crippen molar-refractivity contribution in [1.82, 2.24) is 0 Å². The molecule has 0 bridgehead atoms. The Morgan fingerprint density at radius 3 is 3.00 bits per heavy atom. The Morgan fingerprint density at radius 2 is 2.33 bits per heavy atom. The lowest BCUT2D eigenvalue weighted by molar-refractivity contribution is -0.123. The van der Waals surface area contributed by atoms with Crippen LogP contribution < -0.4 is 5.32 Å². The number of benzene rings is 1. The van der Waals surface area contributed by atoms with Gasteiger partial charge in [-0.25, -0.2) is 4.39 Å². The normalized spacial score (nSPS) is 18.9. The first-order valence-corrected chi connectivity index (χ1v) is 5.57. The van der Waals surface area contributed by atoms with Crippen LogP contribution in [0.1, 0.15) is 18.6 Å². The van der Waals surface area contributed by atoms with Crippen molar-refractivity contribution >= 4 is 23.4 Å². The van der Waals surface area contributed by atoms with Gasteiger partial charge in [0.05, 0.1) is 0 Å². The summed E-state index contributed by atoms with van der Waals surface area (Å²) in [5, 5.41) is 11.9. The first-order valence-electron chi connectivity index (χ1n) is 4.58. The van der Waals surface area contributed by atoms with E-state index in [1.54, 1.807) is 6.07 Å². The number of carbonyl (C=O) groups excluding carboxylic acids is 1. The summed E-state index contributed by atoms with van der Waals surface area (Å²) in [4.78, 5) is 11.6. The van der Waals surface area contributed by atoms with Crippen molar-refractivity contribution < 1.29 is 14.3 Å². The fraction of sp³-hybridized carbons (Fsp3) is 0.300. The smallest absolute Gasteiger partial charge is 0.257 e. The van der Waals surface area contributed by atoms with E-state index in [1.165, 1.54) is 17.8 Å². The molecule has 5 heteroatoms. The van der Waals surface area contributed by atoms with Crippen LogP contribution in [0.5, 0.6) is 0 Å². The number of amides is 1. The number of halogens is 1. The Balaban J connectivity index is 2.44. The highest BCUT2D eigenvalue weighted by Gasteiger charge is 2.29. The van der Waals surface area contributed by atoms with Gasteiger partial charge >= 0.3 is 0 Å². The van der Waals surface area contributed by atoms with Gasteiger partial charge in [0.25, 0.3) is 5.91 Å². The van der Waals surface area contributed by atoms with Gasteiger partial charge in [0.15, 0.2) is 6.10 Å². The Hall–Kier alpha value is -1.07. The number of hydrogen-bond donors (Lipinski definition) is 2. The first kappa shape index (κ1) is 10.4. The first-order chi connectivity index (χ1) is 7.13. The molecule has 2 N–H and O–H groups in total. The van der Waals surface area contributed by atoms with Gasteiger partial charge in [0.1, 0.15) is 5.82 Å². The minimum atomic E-state index is -1.24. The molecule has 0 fully saturated rings. The Morgan fingerprint density at radius 1 is 1.60 bits per heavy atom. The van der Waals surface area contributed by atoms with E-state index in [0.717, 1.165) is 5.75 Å². The number of carbonyl (C=O) groups is 1. The molecule has 0 aromatic heterocycles. The van der Waals surface area contributed by atoms with Crippen LogP contribution in [-0.2, 0) is 4.79 Å². The number of hydrogen-bond acceptors (Lipinski definition) is 3. The molecule has 15 heavy (non-hydrogen) atoms. The molecule has 0 saturated heterocycles. The average Bonchev–Trinajstić information content (AvgIpc) is 2.46. The number of nitrogens with one attached hydrogen (secondary N) is 1. The summed E-state index contributed by atoms with van der Waals surface area (Å²) in [6.07, 6.45) is -1.24. The van der Waals surface area contributed by atoms with Gasteiger partial charge in [-0.05, 0) is 17.9 Å². The van der Waals surface area contributed by atoms with E-state index in [9.17, 15) is 14.3 Å². The molecule has 80 valence electrons. The zero-order chi connectivity index (χ0) is 11.0. The summed E-state index contributed by atoms with van der Waals surface area (Å²) in [6, 6.07) is 2.78. The van der Waals surface area contributed by atoms with Crippen LogP contribution in [0.15, 0.2) is 17.0 Å². The van der Waals surface area contributed by atoms with Gasteiger partial charge in [0.2, 0.25) is 0 Å². The van der Waals surface area contributed by atoms with Crippen LogP contribution in [0, 0.1) is 5.82 Å². The van der Waals surface area contributed by atoms with Crippen molar-refractivity contribution in [3.05, 3.63) is 23.5 Å². The molecule has 2 rings (SSSR count). The maximum Gasteiger partial charge on any atom is 0.257 e. The molecule has 0 radical (unpaired) electrons. The SMILES string of the molecule is CCSc1cc2c(cc1F)C(O)C(=O)N2. The molecule has 1 heterocycles. The van der Waals surface area contributed by atoms with Crippen LogP contribution in [-0.4, -0.2) is 16.8 Å². The van der Waals surface area contributed by atoms with Crippen molar-refractivity contribution in [1.29, 1.82) is 0 Å². The third-order valence-electron chi connectivity index (χ3n) is 2.20. The minimum Gasteiger partial charge on any atom is -0.378 e. The molecule has 1 unspecified atom stereocenters. The van der Waals surface area contributed by atoms with E-state index in [1.807, 2.05) is 6.92 Å². The summed E-state index contributed by atoms with van der Waals surface area (Å²) in [6.45, 7) is 1.92. The summed E-state index contributed by atoms with van der Waals surface area (Å²) in [5.41, 5.74) is 0.822. The molecule has 0 aliphatic carbocycles. The Bertz CT molecular complexity index is 422. The number of rotatable bonds is 2. The molecule has 1 atom stereocenters. The van der Waals surface area contributed by atoms with Gasteiger partial charge in [0, 0.05) is 16.1 Å². The maximum absolute atomic E-state index is 13.5. The molecular formula is C10H10FNO2S. The highest BCUT2D eigenvalue weighted by Crippen LogP contribution is 2.35. The predicted octanol–water partition coefficient (Wildman–Crippen LogP) is 1.92. The third-order valence-corrected chi connectivity index (χ3v) is 3.12. The average molecular weight is 227 g/mol. The lowest BCUT2D eigenvalue weighted by atomic mass is 10.1. The van der Waals surface area contributed by atoms with Gasteiger partial charge in [-0.3, -0.25) is 4.79 Å². The number of thioether (sulfide) groups is 1. The Labute approximate surface area is 90.7 Å². The second-order valence-corrected chi connectivity index (χ2v) is 4.50. The monoisotopic (exact) mass is 227 g/mol.